The minimum atomic E-state index is -4.46. The summed E-state index contributed by atoms with van der Waals surface area (Å²) in [7, 11) is 0. The van der Waals surface area contributed by atoms with Gasteiger partial charge in [0.2, 0.25) is 5.91 Å². The van der Waals surface area contributed by atoms with Crippen LogP contribution in [0.15, 0.2) is 12.3 Å². The van der Waals surface area contributed by atoms with Crippen molar-refractivity contribution in [2.24, 2.45) is 11.8 Å². The third kappa shape index (κ3) is 3.18. The van der Waals surface area contributed by atoms with E-state index in [0.717, 1.165) is 6.07 Å². The molecule has 126 valence electrons. The van der Waals surface area contributed by atoms with E-state index in [0.29, 0.717) is 32.4 Å². The van der Waals surface area contributed by atoms with E-state index in [4.69, 9.17) is 5.11 Å². The fraction of sp³-hybridized carbons (Fsp3) is 0.643. The quantitative estimate of drug-likeness (QED) is 0.916. The number of alkyl halides is 3. The molecule has 0 spiro atoms. The van der Waals surface area contributed by atoms with Crippen molar-refractivity contribution in [3.05, 3.63) is 18.0 Å². The zero-order valence-electron chi connectivity index (χ0n) is 12.2. The lowest BCUT2D eigenvalue weighted by Crippen LogP contribution is -2.40. The van der Waals surface area contributed by atoms with E-state index in [1.165, 1.54) is 10.9 Å². The molecule has 1 aliphatic carbocycles. The molecule has 0 bridgehead atoms. The van der Waals surface area contributed by atoms with E-state index in [-0.39, 0.29) is 11.9 Å². The Hall–Kier alpha value is -2.06. The first kappa shape index (κ1) is 15.8. The highest BCUT2D eigenvalue weighted by Crippen LogP contribution is 2.41. The van der Waals surface area contributed by atoms with Gasteiger partial charge in [-0.3, -0.25) is 14.3 Å². The fourth-order valence-corrected chi connectivity index (χ4v) is 3.02. The van der Waals surface area contributed by atoms with Crippen molar-refractivity contribution in [3.8, 4) is 0 Å². The molecule has 1 aromatic rings. The van der Waals surface area contributed by atoms with Crippen LogP contribution in [0.2, 0.25) is 0 Å². The second-order valence-electron chi connectivity index (χ2n) is 6.02. The Labute approximate surface area is 129 Å². The third-order valence-corrected chi connectivity index (χ3v) is 4.47. The first-order chi connectivity index (χ1) is 10.8. The number of halogens is 3. The molecule has 1 amide bonds. The Kier molecular flexibility index (Phi) is 3.81. The highest BCUT2D eigenvalue weighted by atomic mass is 19.4. The largest absolute Gasteiger partial charge is 0.481 e. The van der Waals surface area contributed by atoms with E-state index in [1.807, 2.05) is 0 Å². The number of carbonyl (C=O) groups excluding carboxylic acids is 1. The van der Waals surface area contributed by atoms with E-state index in [2.05, 4.69) is 5.10 Å². The molecule has 2 heterocycles. The van der Waals surface area contributed by atoms with Crippen molar-refractivity contribution >= 4 is 11.9 Å². The van der Waals surface area contributed by atoms with Crippen molar-refractivity contribution in [2.75, 3.05) is 13.1 Å². The molecule has 3 rings (SSSR count). The zero-order valence-corrected chi connectivity index (χ0v) is 12.2. The number of hydrogen-bond acceptors (Lipinski definition) is 3. The second kappa shape index (κ2) is 5.54. The van der Waals surface area contributed by atoms with Gasteiger partial charge in [0.15, 0.2) is 5.69 Å². The Morgan fingerprint density at radius 2 is 1.87 bits per heavy atom. The molecule has 1 aliphatic heterocycles. The van der Waals surface area contributed by atoms with Crippen LogP contribution in [0.25, 0.3) is 0 Å². The van der Waals surface area contributed by atoms with Gasteiger partial charge in [-0.05, 0) is 25.3 Å². The summed E-state index contributed by atoms with van der Waals surface area (Å²) in [5, 5.41) is 12.4. The molecule has 0 aromatic carbocycles. The molecular formula is C14H16F3N3O3. The van der Waals surface area contributed by atoms with Crippen LogP contribution in [0.5, 0.6) is 0 Å². The molecule has 2 fully saturated rings. The van der Waals surface area contributed by atoms with Crippen LogP contribution in [-0.4, -0.2) is 44.8 Å². The van der Waals surface area contributed by atoms with Crippen LogP contribution >= 0.6 is 0 Å². The lowest BCUT2D eigenvalue weighted by atomic mass is 10.0. The standard InChI is InChI=1S/C14H16F3N3O3/c15-14(16,17)11-3-6-20(18-11)8-1-4-19(5-2-8)12(21)9-7-10(9)13(22)23/h3,6,8-10H,1-2,4-5,7H2,(H,22,23). The van der Waals surface area contributed by atoms with Crippen molar-refractivity contribution in [1.82, 2.24) is 14.7 Å². The highest BCUT2D eigenvalue weighted by Gasteiger charge is 2.50. The molecule has 1 saturated carbocycles. The number of carboxylic acids is 1. The van der Waals surface area contributed by atoms with E-state index in [9.17, 15) is 22.8 Å². The van der Waals surface area contributed by atoms with Gasteiger partial charge in [-0.15, -0.1) is 0 Å². The minimum absolute atomic E-state index is 0.160. The summed E-state index contributed by atoms with van der Waals surface area (Å²) in [5.41, 5.74) is -0.918. The van der Waals surface area contributed by atoms with Gasteiger partial charge in [0.05, 0.1) is 17.9 Å². The summed E-state index contributed by atoms with van der Waals surface area (Å²) in [4.78, 5) is 24.6. The van der Waals surface area contributed by atoms with Gasteiger partial charge in [-0.2, -0.15) is 18.3 Å². The Balaban J connectivity index is 1.55. The highest BCUT2D eigenvalue weighted by molar-refractivity contribution is 5.89. The molecule has 1 saturated heterocycles. The predicted molar refractivity (Wildman–Crippen MR) is 71.3 cm³/mol. The normalized spacial score (nSPS) is 25.4. The lowest BCUT2D eigenvalue weighted by molar-refractivity contribution is -0.142. The number of piperidine rings is 1. The molecule has 6 nitrogen and oxygen atoms in total. The van der Waals surface area contributed by atoms with Gasteiger partial charge in [0, 0.05) is 19.3 Å². The molecule has 1 N–H and O–H groups in total. The number of likely N-dealkylation sites (tertiary alicyclic amines) is 1. The SMILES string of the molecule is O=C(O)C1CC1C(=O)N1CCC(n2ccc(C(F)(F)F)n2)CC1. The van der Waals surface area contributed by atoms with Gasteiger partial charge in [0.1, 0.15) is 0 Å². The van der Waals surface area contributed by atoms with Crippen LogP contribution in [0.4, 0.5) is 13.2 Å². The molecule has 2 atom stereocenters. The fourth-order valence-electron chi connectivity index (χ4n) is 3.02. The lowest BCUT2D eigenvalue weighted by Gasteiger charge is -2.32. The van der Waals surface area contributed by atoms with Gasteiger partial charge >= 0.3 is 12.1 Å². The van der Waals surface area contributed by atoms with Gasteiger partial charge in [0.25, 0.3) is 0 Å². The number of hydrogen-bond donors (Lipinski definition) is 1. The van der Waals surface area contributed by atoms with Gasteiger partial charge in [-0.1, -0.05) is 0 Å². The van der Waals surface area contributed by atoms with Crippen LogP contribution < -0.4 is 0 Å². The van der Waals surface area contributed by atoms with E-state index in [1.54, 1.807) is 4.90 Å². The molecular weight excluding hydrogens is 315 g/mol. The molecule has 2 unspecified atom stereocenters. The number of carboxylic acid groups (broad SMARTS) is 1. The first-order valence-corrected chi connectivity index (χ1v) is 7.41. The van der Waals surface area contributed by atoms with Crippen LogP contribution in [0.1, 0.15) is 31.0 Å². The topological polar surface area (TPSA) is 75.4 Å². The Morgan fingerprint density at radius 3 is 2.35 bits per heavy atom. The number of aromatic nitrogens is 2. The molecule has 9 heteroatoms. The average Bonchev–Trinajstić information content (AvgIpc) is 3.14. The Morgan fingerprint density at radius 1 is 1.22 bits per heavy atom. The number of nitrogens with zero attached hydrogens (tertiary/aromatic N) is 3. The van der Waals surface area contributed by atoms with E-state index < -0.39 is 29.7 Å². The van der Waals surface area contributed by atoms with Crippen molar-refractivity contribution in [2.45, 2.75) is 31.5 Å². The summed E-state index contributed by atoms with van der Waals surface area (Å²) >= 11 is 0. The summed E-state index contributed by atoms with van der Waals surface area (Å²) in [6, 6.07) is 0.767. The third-order valence-electron chi connectivity index (χ3n) is 4.47. The minimum Gasteiger partial charge on any atom is -0.481 e. The van der Waals surface area contributed by atoms with Crippen LogP contribution in [0, 0.1) is 11.8 Å². The van der Waals surface area contributed by atoms with Crippen molar-refractivity contribution < 1.29 is 27.9 Å². The average molecular weight is 331 g/mol. The molecule has 1 aromatic heterocycles. The number of rotatable bonds is 3. The maximum atomic E-state index is 12.6. The molecule has 0 radical (unpaired) electrons. The summed E-state index contributed by atoms with van der Waals surface area (Å²) in [5.74, 6) is -2.13. The smallest absolute Gasteiger partial charge is 0.435 e. The predicted octanol–water partition coefficient (Wildman–Crippen LogP) is 1.79. The molecule has 23 heavy (non-hydrogen) atoms. The van der Waals surface area contributed by atoms with E-state index >= 15 is 0 Å². The molecule has 2 aliphatic rings. The first-order valence-electron chi connectivity index (χ1n) is 7.41. The monoisotopic (exact) mass is 331 g/mol. The maximum Gasteiger partial charge on any atom is 0.435 e. The number of aliphatic carboxylic acids is 1. The number of carbonyl (C=O) groups is 2. The second-order valence-corrected chi connectivity index (χ2v) is 6.02. The zero-order chi connectivity index (χ0) is 16.8. The van der Waals surface area contributed by atoms with Gasteiger partial charge in [-0.25, -0.2) is 0 Å². The summed E-state index contributed by atoms with van der Waals surface area (Å²) < 4.78 is 39.0. The Bertz CT molecular complexity index is 620. The van der Waals surface area contributed by atoms with Gasteiger partial charge < -0.3 is 10.0 Å². The van der Waals surface area contributed by atoms with Crippen LogP contribution in [-0.2, 0) is 15.8 Å². The summed E-state index contributed by atoms with van der Waals surface area (Å²) in [6.07, 6.45) is -1.75. The van der Waals surface area contributed by atoms with Crippen molar-refractivity contribution in [1.29, 1.82) is 0 Å². The van der Waals surface area contributed by atoms with Crippen LogP contribution in [0.3, 0.4) is 0 Å². The summed E-state index contributed by atoms with van der Waals surface area (Å²) in [6.45, 7) is 0.821. The number of amides is 1. The van der Waals surface area contributed by atoms with Crippen molar-refractivity contribution in [3.63, 3.8) is 0 Å². The maximum absolute atomic E-state index is 12.6.